The van der Waals surface area contributed by atoms with Gasteiger partial charge in [-0.3, -0.25) is 15.0 Å². The Kier molecular flexibility index (Phi) is 5.25. The molecule has 0 aromatic carbocycles. The maximum Gasteiger partial charge on any atom is 0.311 e. The molecule has 1 aliphatic heterocycles. The Labute approximate surface area is 118 Å². The Balaban J connectivity index is 1.81. The molecule has 2 rings (SSSR count). The molecule has 7 heteroatoms. The first kappa shape index (κ1) is 14.7. The van der Waals surface area contributed by atoms with Gasteiger partial charge in [0.15, 0.2) is 0 Å². The standard InChI is InChI=1S/C13H20N4O3/c1-11-3-4-12(17(18)19)13(15-11)14-5-2-6-16-7-9-20-10-8-16/h3-4H,2,5-10H2,1H3,(H,14,15). The lowest BCUT2D eigenvalue weighted by Gasteiger charge is -2.26. The molecule has 0 spiro atoms. The van der Waals surface area contributed by atoms with Crippen LogP contribution in [0.3, 0.4) is 0 Å². The number of nitro groups is 1. The Morgan fingerprint density at radius 1 is 1.45 bits per heavy atom. The molecule has 1 aliphatic rings. The molecule has 1 N–H and O–H groups in total. The number of pyridine rings is 1. The first-order valence-corrected chi connectivity index (χ1v) is 6.83. The molecule has 1 saturated heterocycles. The second kappa shape index (κ2) is 7.16. The highest BCUT2D eigenvalue weighted by Crippen LogP contribution is 2.21. The molecular weight excluding hydrogens is 260 g/mol. The lowest BCUT2D eigenvalue weighted by atomic mass is 10.3. The van der Waals surface area contributed by atoms with Crippen molar-refractivity contribution in [2.75, 3.05) is 44.7 Å². The molecule has 0 radical (unpaired) electrons. The van der Waals surface area contributed by atoms with Gasteiger partial charge in [-0.15, -0.1) is 0 Å². The zero-order chi connectivity index (χ0) is 14.4. The van der Waals surface area contributed by atoms with Crippen molar-refractivity contribution in [3.63, 3.8) is 0 Å². The van der Waals surface area contributed by atoms with E-state index >= 15 is 0 Å². The second-order valence-electron chi connectivity index (χ2n) is 4.81. The Bertz CT molecular complexity index is 461. The quantitative estimate of drug-likeness (QED) is 0.482. The fourth-order valence-corrected chi connectivity index (χ4v) is 2.16. The molecule has 20 heavy (non-hydrogen) atoms. The number of rotatable bonds is 6. The zero-order valence-electron chi connectivity index (χ0n) is 11.7. The number of aromatic nitrogens is 1. The van der Waals surface area contributed by atoms with Crippen molar-refractivity contribution in [1.82, 2.24) is 9.88 Å². The van der Waals surface area contributed by atoms with Gasteiger partial charge in [-0.05, 0) is 26.0 Å². The molecule has 110 valence electrons. The summed E-state index contributed by atoms with van der Waals surface area (Å²) in [6.45, 7) is 6.97. The van der Waals surface area contributed by atoms with Crippen molar-refractivity contribution in [3.8, 4) is 0 Å². The van der Waals surface area contributed by atoms with E-state index in [-0.39, 0.29) is 5.69 Å². The summed E-state index contributed by atoms with van der Waals surface area (Å²) in [7, 11) is 0. The van der Waals surface area contributed by atoms with Crippen LogP contribution in [0.4, 0.5) is 11.5 Å². The summed E-state index contributed by atoms with van der Waals surface area (Å²) in [4.78, 5) is 17.0. The van der Waals surface area contributed by atoms with Crippen molar-refractivity contribution >= 4 is 11.5 Å². The second-order valence-corrected chi connectivity index (χ2v) is 4.81. The lowest BCUT2D eigenvalue weighted by molar-refractivity contribution is -0.384. The monoisotopic (exact) mass is 280 g/mol. The lowest BCUT2D eigenvalue weighted by Crippen LogP contribution is -2.37. The van der Waals surface area contributed by atoms with Crippen molar-refractivity contribution in [3.05, 3.63) is 27.9 Å². The maximum absolute atomic E-state index is 10.9. The van der Waals surface area contributed by atoms with E-state index in [9.17, 15) is 10.1 Å². The van der Waals surface area contributed by atoms with E-state index in [1.54, 1.807) is 6.07 Å². The molecule has 0 amide bonds. The van der Waals surface area contributed by atoms with E-state index in [0.717, 1.165) is 45.0 Å². The zero-order valence-corrected chi connectivity index (χ0v) is 11.7. The Hall–Kier alpha value is -1.73. The number of hydrogen-bond acceptors (Lipinski definition) is 6. The van der Waals surface area contributed by atoms with Crippen LogP contribution < -0.4 is 5.32 Å². The molecule has 0 aliphatic carbocycles. The van der Waals surface area contributed by atoms with Crippen LogP contribution in [-0.4, -0.2) is 54.2 Å². The van der Waals surface area contributed by atoms with E-state index in [4.69, 9.17) is 4.74 Å². The minimum absolute atomic E-state index is 0.0296. The SMILES string of the molecule is Cc1ccc([N+](=O)[O-])c(NCCCN2CCOCC2)n1. The van der Waals surface area contributed by atoms with E-state index in [1.165, 1.54) is 6.07 Å². The highest BCUT2D eigenvalue weighted by Gasteiger charge is 2.15. The number of aryl methyl sites for hydroxylation is 1. The predicted molar refractivity (Wildman–Crippen MR) is 76.0 cm³/mol. The maximum atomic E-state index is 10.9. The number of nitrogens with zero attached hydrogens (tertiary/aromatic N) is 3. The van der Waals surface area contributed by atoms with Crippen molar-refractivity contribution in [2.24, 2.45) is 0 Å². The van der Waals surface area contributed by atoms with Gasteiger partial charge in [-0.25, -0.2) is 4.98 Å². The van der Waals surface area contributed by atoms with Gasteiger partial charge in [0.1, 0.15) is 0 Å². The first-order chi connectivity index (χ1) is 9.66. The summed E-state index contributed by atoms with van der Waals surface area (Å²) in [5, 5.41) is 14.0. The van der Waals surface area contributed by atoms with Crippen LogP contribution in [0.1, 0.15) is 12.1 Å². The smallest absolute Gasteiger partial charge is 0.311 e. The molecule has 0 saturated carbocycles. The van der Waals surface area contributed by atoms with Crippen molar-refractivity contribution < 1.29 is 9.66 Å². The highest BCUT2D eigenvalue weighted by molar-refractivity contribution is 5.55. The summed E-state index contributed by atoms with van der Waals surface area (Å²) < 4.78 is 5.29. The fourth-order valence-electron chi connectivity index (χ4n) is 2.16. The van der Waals surface area contributed by atoms with E-state index in [2.05, 4.69) is 15.2 Å². The van der Waals surface area contributed by atoms with Gasteiger partial charge in [-0.1, -0.05) is 0 Å². The first-order valence-electron chi connectivity index (χ1n) is 6.83. The molecule has 1 fully saturated rings. The van der Waals surface area contributed by atoms with Crippen LogP contribution in [0, 0.1) is 17.0 Å². The van der Waals surface area contributed by atoms with Crippen LogP contribution in [0.15, 0.2) is 12.1 Å². The van der Waals surface area contributed by atoms with Crippen LogP contribution >= 0.6 is 0 Å². The topological polar surface area (TPSA) is 80.5 Å². The van der Waals surface area contributed by atoms with Crippen LogP contribution in [0.2, 0.25) is 0 Å². The predicted octanol–water partition coefficient (Wildman–Crippen LogP) is 1.43. The van der Waals surface area contributed by atoms with E-state index < -0.39 is 4.92 Å². The summed E-state index contributed by atoms with van der Waals surface area (Å²) in [6.07, 6.45) is 0.923. The average Bonchev–Trinajstić information content (AvgIpc) is 2.44. The van der Waals surface area contributed by atoms with Gasteiger partial charge in [0, 0.05) is 31.4 Å². The average molecular weight is 280 g/mol. The third-order valence-electron chi connectivity index (χ3n) is 3.26. The third kappa shape index (κ3) is 4.14. The highest BCUT2D eigenvalue weighted by atomic mass is 16.6. The summed E-state index contributed by atoms with van der Waals surface area (Å²) >= 11 is 0. The number of ether oxygens (including phenoxy) is 1. The van der Waals surface area contributed by atoms with Crippen molar-refractivity contribution in [2.45, 2.75) is 13.3 Å². The summed E-state index contributed by atoms with van der Waals surface area (Å²) in [5.41, 5.74) is 0.799. The van der Waals surface area contributed by atoms with Crippen molar-refractivity contribution in [1.29, 1.82) is 0 Å². The molecule has 1 aromatic heterocycles. The van der Waals surface area contributed by atoms with E-state index in [1.807, 2.05) is 6.92 Å². The summed E-state index contributed by atoms with van der Waals surface area (Å²) in [6, 6.07) is 3.14. The number of hydrogen-bond donors (Lipinski definition) is 1. The minimum Gasteiger partial charge on any atom is -0.379 e. The molecule has 2 heterocycles. The molecule has 7 nitrogen and oxygen atoms in total. The number of anilines is 1. The van der Waals surface area contributed by atoms with E-state index in [0.29, 0.717) is 12.4 Å². The Morgan fingerprint density at radius 3 is 2.90 bits per heavy atom. The van der Waals surface area contributed by atoms with Gasteiger partial charge in [0.05, 0.1) is 18.1 Å². The molecule has 1 aromatic rings. The van der Waals surface area contributed by atoms with Gasteiger partial charge in [0.2, 0.25) is 5.82 Å². The third-order valence-corrected chi connectivity index (χ3v) is 3.26. The van der Waals surface area contributed by atoms with Gasteiger partial charge < -0.3 is 10.1 Å². The van der Waals surface area contributed by atoms with Crippen LogP contribution in [0.5, 0.6) is 0 Å². The molecular formula is C13H20N4O3. The van der Waals surface area contributed by atoms with Gasteiger partial charge in [-0.2, -0.15) is 0 Å². The molecule has 0 atom stereocenters. The van der Waals surface area contributed by atoms with Gasteiger partial charge in [0.25, 0.3) is 0 Å². The fraction of sp³-hybridized carbons (Fsp3) is 0.615. The number of morpholine rings is 1. The van der Waals surface area contributed by atoms with Crippen LogP contribution in [0.25, 0.3) is 0 Å². The molecule has 0 bridgehead atoms. The number of nitrogens with one attached hydrogen (secondary N) is 1. The summed E-state index contributed by atoms with van der Waals surface area (Å²) in [5.74, 6) is 0.358. The largest absolute Gasteiger partial charge is 0.379 e. The Morgan fingerprint density at radius 2 is 2.20 bits per heavy atom. The molecule has 0 unspecified atom stereocenters. The minimum atomic E-state index is -0.406. The van der Waals surface area contributed by atoms with Gasteiger partial charge >= 0.3 is 5.69 Å². The van der Waals surface area contributed by atoms with Crippen LogP contribution in [-0.2, 0) is 4.74 Å². The normalized spacial score (nSPS) is 16.1.